The number of aliphatic hydroxyl groups is 1. The van der Waals surface area contributed by atoms with E-state index in [-0.39, 0.29) is 30.4 Å². The van der Waals surface area contributed by atoms with Gasteiger partial charge in [0.1, 0.15) is 5.75 Å². The molecule has 6 heteroatoms. The molecule has 6 nitrogen and oxygen atoms in total. The Kier molecular flexibility index (Phi) is 3.79. The Labute approximate surface area is 122 Å². The highest BCUT2D eigenvalue weighted by Gasteiger charge is 2.25. The number of carbonyl (C=O) groups is 2. The summed E-state index contributed by atoms with van der Waals surface area (Å²) < 4.78 is 5.29. The largest absolute Gasteiger partial charge is 0.482 e. The van der Waals surface area contributed by atoms with Crippen LogP contribution in [0.15, 0.2) is 18.2 Å². The number of hydrogen-bond donors (Lipinski definition) is 3. The molecule has 1 aliphatic carbocycles. The number of hydrogen-bond acceptors (Lipinski definition) is 4. The monoisotopic (exact) mass is 290 g/mol. The lowest BCUT2D eigenvalue weighted by Crippen LogP contribution is -2.32. The highest BCUT2D eigenvalue weighted by atomic mass is 16.5. The van der Waals surface area contributed by atoms with Gasteiger partial charge in [-0.3, -0.25) is 9.59 Å². The van der Waals surface area contributed by atoms with E-state index in [0.717, 1.165) is 19.3 Å². The first kappa shape index (κ1) is 13.9. The predicted molar refractivity (Wildman–Crippen MR) is 76.2 cm³/mol. The molecule has 1 aliphatic heterocycles. The van der Waals surface area contributed by atoms with Crippen molar-refractivity contribution in [3.8, 4) is 5.75 Å². The molecular formula is C15H18N2O4. The van der Waals surface area contributed by atoms with E-state index in [1.807, 2.05) is 0 Å². The van der Waals surface area contributed by atoms with Crippen LogP contribution in [0.3, 0.4) is 0 Å². The number of rotatable bonds is 3. The standard InChI is InChI=1S/C15H18N2O4/c18-12-3-1-2-10(12)7-16-15(20)9-4-5-11-13(6-9)21-8-14(19)17-11/h4-6,10,12,18H,1-3,7-8H2,(H,16,20)(H,17,19). The van der Waals surface area contributed by atoms with Gasteiger partial charge in [0.15, 0.2) is 6.61 Å². The number of amides is 2. The molecule has 0 aromatic heterocycles. The smallest absolute Gasteiger partial charge is 0.262 e. The molecule has 1 aromatic rings. The lowest BCUT2D eigenvalue weighted by molar-refractivity contribution is -0.118. The number of aliphatic hydroxyl groups excluding tert-OH is 1. The molecule has 0 spiro atoms. The van der Waals surface area contributed by atoms with Crippen LogP contribution in [0, 0.1) is 5.92 Å². The van der Waals surface area contributed by atoms with Crippen molar-refractivity contribution in [3.63, 3.8) is 0 Å². The maximum Gasteiger partial charge on any atom is 0.262 e. The zero-order chi connectivity index (χ0) is 14.8. The van der Waals surface area contributed by atoms with Crippen molar-refractivity contribution < 1.29 is 19.4 Å². The van der Waals surface area contributed by atoms with Gasteiger partial charge in [0.25, 0.3) is 11.8 Å². The summed E-state index contributed by atoms with van der Waals surface area (Å²) in [5.74, 6) is 0.248. The minimum absolute atomic E-state index is 0.0354. The minimum atomic E-state index is -0.313. The van der Waals surface area contributed by atoms with Crippen LogP contribution in [0.5, 0.6) is 5.75 Å². The minimum Gasteiger partial charge on any atom is -0.482 e. The summed E-state index contributed by atoms with van der Waals surface area (Å²) in [6.07, 6.45) is 2.45. The van der Waals surface area contributed by atoms with Gasteiger partial charge in [-0.15, -0.1) is 0 Å². The second kappa shape index (κ2) is 5.73. The number of ether oxygens (including phenoxy) is 1. The number of anilines is 1. The molecule has 2 unspecified atom stereocenters. The first-order chi connectivity index (χ1) is 10.1. The van der Waals surface area contributed by atoms with E-state index in [0.29, 0.717) is 23.5 Å². The van der Waals surface area contributed by atoms with Crippen LogP contribution in [-0.2, 0) is 4.79 Å². The Hall–Kier alpha value is -2.08. The average Bonchev–Trinajstić information content (AvgIpc) is 2.89. The molecule has 1 saturated carbocycles. The fourth-order valence-electron chi connectivity index (χ4n) is 2.80. The molecule has 3 N–H and O–H groups in total. The van der Waals surface area contributed by atoms with Crippen molar-refractivity contribution in [2.45, 2.75) is 25.4 Å². The molecule has 2 aliphatic rings. The molecule has 0 saturated heterocycles. The van der Waals surface area contributed by atoms with Crippen LogP contribution >= 0.6 is 0 Å². The number of nitrogens with one attached hydrogen (secondary N) is 2. The summed E-state index contributed by atoms with van der Waals surface area (Å²) in [5.41, 5.74) is 1.06. The summed E-state index contributed by atoms with van der Waals surface area (Å²) in [4.78, 5) is 23.3. The first-order valence-corrected chi connectivity index (χ1v) is 7.16. The topological polar surface area (TPSA) is 87.7 Å². The van der Waals surface area contributed by atoms with E-state index >= 15 is 0 Å². The normalized spacial score (nSPS) is 24.0. The summed E-state index contributed by atoms with van der Waals surface area (Å²) >= 11 is 0. The maximum atomic E-state index is 12.1. The predicted octanol–water partition coefficient (Wildman–Crippen LogP) is 0.908. The molecular weight excluding hydrogens is 272 g/mol. The molecule has 0 bridgehead atoms. The lowest BCUT2D eigenvalue weighted by Gasteiger charge is -2.19. The second-order valence-electron chi connectivity index (χ2n) is 5.52. The Bertz CT molecular complexity index is 573. The summed E-state index contributed by atoms with van der Waals surface area (Å²) in [6.45, 7) is 0.445. The van der Waals surface area contributed by atoms with Crippen molar-refractivity contribution in [2.75, 3.05) is 18.5 Å². The average molecular weight is 290 g/mol. The third-order valence-corrected chi connectivity index (χ3v) is 4.02. The molecule has 2 atom stereocenters. The number of fused-ring (bicyclic) bond motifs is 1. The van der Waals surface area contributed by atoms with Crippen LogP contribution in [0.1, 0.15) is 29.6 Å². The SMILES string of the molecule is O=C1COc2cc(C(=O)NCC3CCCC3O)ccc2N1. The van der Waals surface area contributed by atoms with E-state index < -0.39 is 0 Å². The van der Waals surface area contributed by atoms with Crippen LogP contribution in [-0.4, -0.2) is 36.2 Å². The van der Waals surface area contributed by atoms with Crippen molar-refractivity contribution in [1.82, 2.24) is 5.32 Å². The van der Waals surface area contributed by atoms with E-state index in [9.17, 15) is 14.7 Å². The van der Waals surface area contributed by atoms with Gasteiger partial charge >= 0.3 is 0 Å². The van der Waals surface area contributed by atoms with E-state index in [1.165, 1.54) is 0 Å². The summed E-state index contributed by atoms with van der Waals surface area (Å²) in [7, 11) is 0. The van der Waals surface area contributed by atoms with Crippen molar-refractivity contribution in [3.05, 3.63) is 23.8 Å². The van der Waals surface area contributed by atoms with Crippen molar-refractivity contribution in [1.29, 1.82) is 0 Å². The Morgan fingerprint density at radius 2 is 2.29 bits per heavy atom. The van der Waals surface area contributed by atoms with Gasteiger partial charge in [-0.25, -0.2) is 0 Å². The lowest BCUT2D eigenvalue weighted by atomic mass is 10.1. The van der Waals surface area contributed by atoms with Gasteiger partial charge < -0.3 is 20.5 Å². The van der Waals surface area contributed by atoms with Crippen LogP contribution < -0.4 is 15.4 Å². The highest BCUT2D eigenvalue weighted by molar-refractivity contribution is 5.98. The zero-order valence-electron chi connectivity index (χ0n) is 11.6. The maximum absolute atomic E-state index is 12.1. The van der Waals surface area contributed by atoms with Gasteiger partial charge in [0.05, 0.1) is 11.8 Å². The molecule has 21 heavy (non-hydrogen) atoms. The number of benzene rings is 1. The molecule has 1 fully saturated rings. The van der Waals surface area contributed by atoms with Gasteiger partial charge in [0, 0.05) is 18.0 Å². The Balaban J connectivity index is 1.63. The van der Waals surface area contributed by atoms with Gasteiger partial charge in [0.2, 0.25) is 0 Å². The van der Waals surface area contributed by atoms with Crippen LogP contribution in [0.25, 0.3) is 0 Å². The van der Waals surface area contributed by atoms with Crippen molar-refractivity contribution in [2.24, 2.45) is 5.92 Å². The zero-order valence-corrected chi connectivity index (χ0v) is 11.6. The summed E-state index contributed by atoms with van der Waals surface area (Å²) in [6, 6.07) is 4.93. The van der Waals surface area contributed by atoms with Crippen LogP contribution in [0.4, 0.5) is 5.69 Å². The Morgan fingerprint density at radius 1 is 1.43 bits per heavy atom. The van der Waals surface area contributed by atoms with Gasteiger partial charge in [-0.2, -0.15) is 0 Å². The van der Waals surface area contributed by atoms with E-state index in [1.54, 1.807) is 18.2 Å². The van der Waals surface area contributed by atoms with Crippen LogP contribution in [0.2, 0.25) is 0 Å². The highest BCUT2D eigenvalue weighted by Crippen LogP contribution is 2.29. The molecule has 3 rings (SSSR count). The van der Waals surface area contributed by atoms with E-state index in [4.69, 9.17) is 4.74 Å². The van der Waals surface area contributed by atoms with Gasteiger partial charge in [-0.1, -0.05) is 6.42 Å². The van der Waals surface area contributed by atoms with Crippen molar-refractivity contribution >= 4 is 17.5 Å². The molecule has 1 aromatic carbocycles. The fraction of sp³-hybridized carbons (Fsp3) is 0.467. The molecule has 0 radical (unpaired) electrons. The third-order valence-electron chi connectivity index (χ3n) is 4.02. The number of carbonyl (C=O) groups excluding carboxylic acids is 2. The van der Waals surface area contributed by atoms with Gasteiger partial charge in [-0.05, 0) is 31.0 Å². The Morgan fingerprint density at radius 3 is 3.05 bits per heavy atom. The molecule has 2 amide bonds. The quantitative estimate of drug-likeness (QED) is 0.772. The molecule has 1 heterocycles. The second-order valence-corrected chi connectivity index (χ2v) is 5.52. The third kappa shape index (κ3) is 3.00. The fourth-order valence-corrected chi connectivity index (χ4v) is 2.80. The first-order valence-electron chi connectivity index (χ1n) is 7.16. The molecule has 112 valence electrons. The summed E-state index contributed by atoms with van der Waals surface area (Å²) in [5, 5.41) is 15.3. The van der Waals surface area contributed by atoms with E-state index in [2.05, 4.69) is 10.6 Å².